The Balaban J connectivity index is 1.78. The predicted molar refractivity (Wildman–Crippen MR) is 84.9 cm³/mol. The first-order valence-corrected chi connectivity index (χ1v) is 7.77. The Hall–Kier alpha value is -1.81. The molecule has 0 aliphatic heterocycles. The van der Waals surface area contributed by atoms with E-state index in [4.69, 9.17) is 0 Å². The molecule has 0 aromatic heterocycles. The summed E-state index contributed by atoms with van der Waals surface area (Å²) in [6, 6.07) is 16.4. The van der Waals surface area contributed by atoms with Crippen LogP contribution in [0.4, 0.5) is 4.39 Å². The smallest absolute Gasteiger partial charge is 0.233 e. The molecule has 4 heteroatoms. The van der Waals surface area contributed by atoms with Crippen LogP contribution < -0.4 is 5.32 Å². The molecule has 0 saturated carbocycles. The van der Waals surface area contributed by atoms with Gasteiger partial charge in [0.2, 0.25) is 5.91 Å². The molecule has 0 aliphatic rings. The third-order valence-electron chi connectivity index (χ3n) is 3.08. The van der Waals surface area contributed by atoms with Gasteiger partial charge in [-0.2, -0.15) is 0 Å². The summed E-state index contributed by atoms with van der Waals surface area (Å²) in [4.78, 5) is 13.1. The summed E-state index contributed by atoms with van der Waals surface area (Å²) < 4.78 is 13.4. The van der Waals surface area contributed by atoms with Crippen molar-refractivity contribution in [1.82, 2.24) is 5.32 Å². The SMILES string of the molecule is CC(Sc1ccccc1)C(=O)NCCc1ccccc1F. The topological polar surface area (TPSA) is 29.1 Å². The van der Waals surface area contributed by atoms with Gasteiger partial charge in [0.25, 0.3) is 0 Å². The summed E-state index contributed by atoms with van der Waals surface area (Å²) in [7, 11) is 0. The van der Waals surface area contributed by atoms with Crippen LogP contribution in [0.2, 0.25) is 0 Å². The van der Waals surface area contributed by atoms with Gasteiger partial charge in [-0.15, -0.1) is 11.8 Å². The number of halogens is 1. The number of hydrogen-bond donors (Lipinski definition) is 1. The van der Waals surface area contributed by atoms with Crippen LogP contribution in [-0.4, -0.2) is 17.7 Å². The lowest BCUT2D eigenvalue weighted by molar-refractivity contribution is -0.120. The van der Waals surface area contributed by atoms with Gasteiger partial charge in [0, 0.05) is 11.4 Å². The Labute approximate surface area is 128 Å². The van der Waals surface area contributed by atoms with E-state index in [9.17, 15) is 9.18 Å². The van der Waals surface area contributed by atoms with E-state index in [1.807, 2.05) is 37.3 Å². The van der Waals surface area contributed by atoms with Crippen molar-refractivity contribution in [1.29, 1.82) is 0 Å². The molecule has 1 atom stereocenters. The van der Waals surface area contributed by atoms with Crippen molar-refractivity contribution >= 4 is 17.7 Å². The van der Waals surface area contributed by atoms with Crippen molar-refractivity contribution in [3.8, 4) is 0 Å². The minimum absolute atomic E-state index is 0.0276. The van der Waals surface area contributed by atoms with Crippen molar-refractivity contribution in [2.75, 3.05) is 6.54 Å². The molecule has 21 heavy (non-hydrogen) atoms. The zero-order valence-electron chi connectivity index (χ0n) is 11.9. The molecule has 0 radical (unpaired) electrons. The zero-order valence-corrected chi connectivity index (χ0v) is 12.7. The standard InChI is InChI=1S/C17H18FNOS/c1-13(21-15-8-3-2-4-9-15)17(20)19-12-11-14-7-5-6-10-16(14)18/h2-10,13H,11-12H2,1H3,(H,19,20). The van der Waals surface area contributed by atoms with Crippen molar-refractivity contribution in [2.45, 2.75) is 23.5 Å². The molecule has 0 saturated heterocycles. The quantitative estimate of drug-likeness (QED) is 0.825. The summed E-state index contributed by atoms with van der Waals surface area (Å²) in [6.07, 6.45) is 0.501. The van der Waals surface area contributed by atoms with E-state index in [0.717, 1.165) is 4.90 Å². The van der Waals surface area contributed by atoms with Gasteiger partial charge < -0.3 is 5.32 Å². The second kappa shape index (κ2) is 7.84. The molecule has 0 fully saturated rings. The van der Waals surface area contributed by atoms with Crippen LogP contribution in [0.1, 0.15) is 12.5 Å². The van der Waals surface area contributed by atoms with Crippen LogP contribution in [0.25, 0.3) is 0 Å². The molecular weight excluding hydrogens is 285 g/mol. The molecular formula is C17H18FNOS. The predicted octanol–water partition coefficient (Wildman–Crippen LogP) is 3.67. The van der Waals surface area contributed by atoms with E-state index < -0.39 is 0 Å². The number of nitrogens with one attached hydrogen (secondary N) is 1. The number of carbonyl (C=O) groups is 1. The summed E-state index contributed by atoms with van der Waals surface area (Å²) in [6.45, 7) is 2.32. The van der Waals surface area contributed by atoms with Gasteiger partial charge in [0.1, 0.15) is 5.82 Å². The normalized spacial score (nSPS) is 11.9. The van der Waals surface area contributed by atoms with Crippen molar-refractivity contribution < 1.29 is 9.18 Å². The number of benzene rings is 2. The van der Waals surface area contributed by atoms with Gasteiger partial charge in [-0.25, -0.2) is 4.39 Å². The highest BCUT2D eigenvalue weighted by Crippen LogP contribution is 2.22. The molecule has 2 aromatic rings. The Morgan fingerprint density at radius 2 is 1.81 bits per heavy atom. The monoisotopic (exact) mass is 303 g/mol. The zero-order chi connectivity index (χ0) is 15.1. The van der Waals surface area contributed by atoms with Crippen LogP contribution in [0, 0.1) is 5.82 Å². The Morgan fingerprint density at radius 1 is 1.14 bits per heavy atom. The Kier molecular flexibility index (Phi) is 5.81. The summed E-state index contributed by atoms with van der Waals surface area (Å²) in [5.41, 5.74) is 0.626. The molecule has 0 aliphatic carbocycles. The van der Waals surface area contributed by atoms with E-state index in [1.54, 1.807) is 18.2 Å². The lowest BCUT2D eigenvalue weighted by Crippen LogP contribution is -2.32. The third kappa shape index (κ3) is 4.90. The maximum absolute atomic E-state index is 13.4. The fourth-order valence-electron chi connectivity index (χ4n) is 1.92. The fraction of sp³-hybridized carbons (Fsp3) is 0.235. The molecule has 2 nitrogen and oxygen atoms in total. The van der Waals surface area contributed by atoms with E-state index in [2.05, 4.69) is 5.32 Å². The summed E-state index contributed by atoms with van der Waals surface area (Å²) >= 11 is 1.51. The molecule has 2 rings (SSSR count). The third-order valence-corrected chi connectivity index (χ3v) is 4.19. The first kappa shape index (κ1) is 15.6. The highest BCUT2D eigenvalue weighted by Gasteiger charge is 2.13. The van der Waals surface area contributed by atoms with Crippen molar-refractivity contribution in [2.24, 2.45) is 0 Å². The van der Waals surface area contributed by atoms with Crippen molar-refractivity contribution in [3.05, 3.63) is 66.0 Å². The minimum atomic E-state index is -0.224. The molecule has 2 aromatic carbocycles. The first-order valence-electron chi connectivity index (χ1n) is 6.89. The second-order valence-corrected chi connectivity index (χ2v) is 6.12. The Morgan fingerprint density at radius 3 is 2.52 bits per heavy atom. The Bertz CT molecular complexity index is 588. The molecule has 110 valence electrons. The summed E-state index contributed by atoms with van der Waals surface area (Å²) in [5, 5.41) is 2.68. The summed E-state index contributed by atoms with van der Waals surface area (Å²) in [5.74, 6) is -0.251. The van der Waals surface area contributed by atoms with Gasteiger partial charge in [0.15, 0.2) is 0 Å². The van der Waals surface area contributed by atoms with E-state index in [-0.39, 0.29) is 17.0 Å². The second-order valence-electron chi connectivity index (χ2n) is 4.71. The van der Waals surface area contributed by atoms with E-state index in [0.29, 0.717) is 18.5 Å². The number of rotatable bonds is 6. The van der Waals surface area contributed by atoms with Gasteiger partial charge in [0.05, 0.1) is 5.25 Å². The molecule has 1 unspecified atom stereocenters. The maximum Gasteiger partial charge on any atom is 0.233 e. The maximum atomic E-state index is 13.4. The highest BCUT2D eigenvalue weighted by molar-refractivity contribution is 8.00. The van der Waals surface area contributed by atoms with Gasteiger partial charge in [-0.3, -0.25) is 4.79 Å². The van der Waals surface area contributed by atoms with Crippen LogP contribution in [0.5, 0.6) is 0 Å². The number of thioether (sulfide) groups is 1. The molecule has 0 spiro atoms. The van der Waals surface area contributed by atoms with Crippen LogP contribution in [0.15, 0.2) is 59.5 Å². The lowest BCUT2D eigenvalue weighted by Gasteiger charge is -2.12. The highest BCUT2D eigenvalue weighted by atomic mass is 32.2. The van der Waals surface area contributed by atoms with E-state index >= 15 is 0 Å². The average molecular weight is 303 g/mol. The first-order chi connectivity index (χ1) is 10.2. The number of hydrogen-bond acceptors (Lipinski definition) is 2. The largest absolute Gasteiger partial charge is 0.355 e. The van der Waals surface area contributed by atoms with Gasteiger partial charge in [-0.05, 0) is 37.1 Å². The lowest BCUT2D eigenvalue weighted by atomic mass is 10.1. The van der Waals surface area contributed by atoms with Gasteiger partial charge >= 0.3 is 0 Å². The van der Waals surface area contributed by atoms with Crippen LogP contribution in [-0.2, 0) is 11.2 Å². The van der Waals surface area contributed by atoms with Crippen LogP contribution in [0.3, 0.4) is 0 Å². The van der Waals surface area contributed by atoms with Gasteiger partial charge in [-0.1, -0.05) is 36.4 Å². The van der Waals surface area contributed by atoms with Crippen LogP contribution >= 0.6 is 11.8 Å². The number of carbonyl (C=O) groups excluding carboxylic acids is 1. The minimum Gasteiger partial charge on any atom is -0.355 e. The molecule has 0 bridgehead atoms. The molecule has 1 N–H and O–H groups in total. The molecule has 0 heterocycles. The molecule has 1 amide bonds. The van der Waals surface area contributed by atoms with E-state index in [1.165, 1.54) is 17.8 Å². The van der Waals surface area contributed by atoms with Crippen molar-refractivity contribution in [3.63, 3.8) is 0 Å². The fourth-order valence-corrected chi connectivity index (χ4v) is 2.83. The average Bonchev–Trinajstić information content (AvgIpc) is 2.50. The number of amides is 1.